The predicted molar refractivity (Wildman–Crippen MR) is 114 cm³/mol. The van der Waals surface area contributed by atoms with Gasteiger partial charge in [-0.2, -0.15) is 0 Å². The molecule has 6 nitrogen and oxygen atoms in total. The number of hydrogen-bond acceptors (Lipinski definition) is 5. The molecule has 1 aliphatic rings. The van der Waals surface area contributed by atoms with Crippen LogP contribution in [0.1, 0.15) is 87.5 Å². The summed E-state index contributed by atoms with van der Waals surface area (Å²) in [6, 6.07) is -0.601. The molecule has 29 heavy (non-hydrogen) atoms. The number of hydrogen-bond donors (Lipinski definition) is 0. The highest BCUT2D eigenvalue weighted by atomic mass is 16.6. The van der Waals surface area contributed by atoms with Crippen molar-refractivity contribution in [3.05, 3.63) is 0 Å². The van der Waals surface area contributed by atoms with E-state index < -0.39 is 17.7 Å². The van der Waals surface area contributed by atoms with Gasteiger partial charge in [-0.25, -0.2) is 9.59 Å². The van der Waals surface area contributed by atoms with Gasteiger partial charge in [0.05, 0.1) is 0 Å². The average molecular weight is 412 g/mol. The first-order chi connectivity index (χ1) is 13.2. The molecular weight excluding hydrogens is 370 g/mol. The summed E-state index contributed by atoms with van der Waals surface area (Å²) in [7, 11) is 0. The van der Waals surface area contributed by atoms with E-state index in [1.165, 1.54) is 4.90 Å². The molecular formula is C23H41NO5. The first-order valence-electron chi connectivity index (χ1n) is 10.9. The zero-order valence-electron chi connectivity index (χ0n) is 19.6. The summed E-state index contributed by atoms with van der Waals surface area (Å²) in [5.74, 6) is -0.0693. The number of carbonyl (C=O) groups is 3. The Bertz CT molecular complexity index is 561. The van der Waals surface area contributed by atoms with Crippen molar-refractivity contribution in [1.82, 2.24) is 4.90 Å². The van der Waals surface area contributed by atoms with Crippen LogP contribution in [0.2, 0.25) is 0 Å². The number of ether oxygens (including phenoxy) is 2. The SMILES string of the molecule is C[C@@H](CC=O)C[C@H](OC(=O)[C@@H]1CCCN1C(=O)OC(C)(C)C)[C@@H](C)CC(C)(C)C. The minimum atomic E-state index is -0.609. The fourth-order valence-corrected chi connectivity index (χ4v) is 3.93. The number of aldehydes is 1. The number of likely N-dealkylation sites (tertiary alicyclic amines) is 1. The lowest BCUT2D eigenvalue weighted by Crippen LogP contribution is -2.45. The predicted octanol–water partition coefficient (Wildman–Crippen LogP) is 4.99. The number of nitrogens with zero attached hydrogens (tertiary/aromatic N) is 1. The summed E-state index contributed by atoms with van der Waals surface area (Å²) in [6.45, 7) is 16.5. The maximum absolute atomic E-state index is 13.0. The first kappa shape index (κ1) is 25.4. The second-order valence-electron chi connectivity index (χ2n) is 10.8. The molecule has 0 aromatic carbocycles. The van der Waals surface area contributed by atoms with E-state index >= 15 is 0 Å². The van der Waals surface area contributed by atoms with Gasteiger partial charge in [0.15, 0.2) is 0 Å². The quantitative estimate of drug-likeness (QED) is 0.416. The van der Waals surface area contributed by atoms with Gasteiger partial charge in [-0.15, -0.1) is 0 Å². The lowest BCUT2D eigenvalue weighted by Gasteiger charge is -2.33. The average Bonchev–Trinajstić information content (AvgIpc) is 3.01. The Morgan fingerprint density at radius 2 is 1.76 bits per heavy atom. The molecule has 1 fully saturated rings. The first-order valence-corrected chi connectivity index (χ1v) is 10.9. The van der Waals surface area contributed by atoms with Crippen LogP contribution in [-0.2, 0) is 19.1 Å². The van der Waals surface area contributed by atoms with Crippen LogP contribution in [-0.4, -0.2) is 47.5 Å². The van der Waals surface area contributed by atoms with Crippen LogP contribution in [0, 0.1) is 17.3 Å². The van der Waals surface area contributed by atoms with Gasteiger partial charge in [0.1, 0.15) is 24.0 Å². The van der Waals surface area contributed by atoms with Gasteiger partial charge in [0.25, 0.3) is 0 Å². The zero-order valence-corrected chi connectivity index (χ0v) is 19.6. The maximum Gasteiger partial charge on any atom is 0.411 e. The second kappa shape index (κ2) is 10.4. The molecule has 6 heteroatoms. The van der Waals surface area contributed by atoms with Crippen LogP contribution in [0.4, 0.5) is 4.79 Å². The molecule has 0 saturated carbocycles. The fourth-order valence-electron chi connectivity index (χ4n) is 3.93. The van der Waals surface area contributed by atoms with Gasteiger partial charge in [0, 0.05) is 13.0 Å². The minimum absolute atomic E-state index is 0.105. The Labute approximate surface area is 176 Å². The van der Waals surface area contributed by atoms with E-state index in [2.05, 4.69) is 27.7 Å². The smallest absolute Gasteiger partial charge is 0.411 e. The molecule has 1 amide bonds. The largest absolute Gasteiger partial charge is 0.461 e. The molecule has 1 heterocycles. The monoisotopic (exact) mass is 411 g/mol. The van der Waals surface area contributed by atoms with Crippen LogP contribution < -0.4 is 0 Å². The van der Waals surface area contributed by atoms with E-state index in [1.54, 1.807) is 0 Å². The van der Waals surface area contributed by atoms with E-state index in [9.17, 15) is 14.4 Å². The molecule has 0 radical (unpaired) electrons. The Hall–Kier alpha value is -1.59. The highest BCUT2D eigenvalue weighted by molar-refractivity contribution is 5.82. The van der Waals surface area contributed by atoms with E-state index in [1.807, 2.05) is 27.7 Å². The van der Waals surface area contributed by atoms with E-state index in [-0.39, 0.29) is 29.3 Å². The third-order valence-electron chi connectivity index (χ3n) is 5.12. The summed E-state index contributed by atoms with van der Waals surface area (Å²) in [4.78, 5) is 37.9. The van der Waals surface area contributed by atoms with Crippen LogP contribution in [0.5, 0.6) is 0 Å². The summed E-state index contributed by atoms with van der Waals surface area (Å²) < 4.78 is 11.4. The third-order valence-corrected chi connectivity index (χ3v) is 5.12. The number of rotatable bonds is 8. The lowest BCUT2D eigenvalue weighted by atomic mass is 9.81. The van der Waals surface area contributed by atoms with E-state index in [0.717, 1.165) is 19.1 Å². The van der Waals surface area contributed by atoms with Crippen LogP contribution in [0.25, 0.3) is 0 Å². The maximum atomic E-state index is 13.0. The van der Waals surface area contributed by atoms with Crippen LogP contribution in [0.15, 0.2) is 0 Å². The van der Waals surface area contributed by atoms with Gasteiger partial charge in [-0.1, -0.05) is 34.6 Å². The standard InChI is InChI=1S/C23H41NO5/c1-16(11-13-25)14-19(17(2)15-22(3,4)5)28-20(26)18-10-9-12-24(18)21(27)29-23(6,7)8/h13,16-19H,9-12,14-15H2,1-8H3/t16-,17-,18-,19-/m0/s1. The second-order valence-corrected chi connectivity index (χ2v) is 10.8. The molecule has 1 saturated heterocycles. The van der Waals surface area contributed by atoms with Crippen molar-refractivity contribution < 1.29 is 23.9 Å². The van der Waals surface area contributed by atoms with Gasteiger partial charge in [-0.3, -0.25) is 4.90 Å². The van der Waals surface area contributed by atoms with Gasteiger partial charge < -0.3 is 14.3 Å². The summed E-state index contributed by atoms with van der Waals surface area (Å²) in [5.41, 5.74) is -0.504. The molecule has 1 rings (SSSR count). The molecule has 0 N–H and O–H groups in total. The fraction of sp³-hybridized carbons (Fsp3) is 0.870. The molecule has 1 aliphatic heterocycles. The Balaban J connectivity index is 2.88. The van der Waals surface area contributed by atoms with Gasteiger partial charge in [0.2, 0.25) is 0 Å². The van der Waals surface area contributed by atoms with Crippen molar-refractivity contribution in [2.24, 2.45) is 17.3 Å². The van der Waals surface area contributed by atoms with Crippen molar-refractivity contribution in [2.45, 2.75) is 105 Å². The molecule has 0 unspecified atom stereocenters. The number of amides is 1. The third kappa shape index (κ3) is 9.18. The van der Waals surface area contributed by atoms with Crippen molar-refractivity contribution in [1.29, 1.82) is 0 Å². The summed E-state index contributed by atoms with van der Waals surface area (Å²) in [6.07, 6.45) is 3.50. The number of carbonyl (C=O) groups excluding carboxylic acids is 3. The molecule has 0 bridgehead atoms. The minimum Gasteiger partial charge on any atom is -0.461 e. The van der Waals surface area contributed by atoms with Crippen LogP contribution >= 0.6 is 0 Å². The zero-order chi connectivity index (χ0) is 22.4. The highest BCUT2D eigenvalue weighted by Gasteiger charge is 2.39. The Morgan fingerprint density at radius 1 is 1.14 bits per heavy atom. The molecule has 168 valence electrons. The van der Waals surface area contributed by atoms with E-state index in [4.69, 9.17) is 9.47 Å². The summed E-state index contributed by atoms with van der Waals surface area (Å²) >= 11 is 0. The van der Waals surface area contributed by atoms with Gasteiger partial charge in [-0.05, 0) is 63.7 Å². The lowest BCUT2D eigenvalue weighted by molar-refractivity contribution is -0.158. The summed E-state index contributed by atoms with van der Waals surface area (Å²) in [5, 5.41) is 0. The van der Waals surface area contributed by atoms with Crippen molar-refractivity contribution in [3.8, 4) is 0 Å². The Kier molecular flexibility index (Phi) is 9.16. The van der Waals surface area contributed by atoms with Crippen molar-refractivity contribution >= 4 is 18.3 Å². The molecule has 0 aromatic rings. The number of esters is 1. The Morgan fingerprint density at radius 3 is 2.28 bits per heavy atom. The van der Waals surface area contributed by atoms with Crippen molar-refractivity contribution in [3.63, 3.8) is 0 Å². The van der Waals surface area contributed by atoms with Gasteiger partial charge >= 0.3 is 12.1 Å². The molecule has 0 aromatic heterocycles. The molecule has 0 spiro atoms. The topological polar surface area (TPSA) is 72.9 Å². The molecule has 0 aliphatic carbocycles. The highest BCUT2D eigenvalue weighted by Crippen LogP contribution is 2.31. The molecule has 4 atom stereocenters. The normalized spacial score (nSPS) is 20.7. The van der Waals surface area contributed by atoms with E-state index in [0.29, 0.717) is 25.8 Å². The van der Waals surface area contributed by atoms with Crippen molar-refractivity contribution in [2.75, 3.05) is 6.54 Å². The van der Waals surface area contributed by atoms with Crippen LogP contribution in [0.3, 0.4) is 0 Å².